The Labute approximate surface area is 152 Å². The summed E-state index contributed by atoms with van der Waals surface area (Å²) in [6.07, 6.45) is 6.49. The fourth-order valence-corrected chi connectivity index (χ4v) is 2.46. The molecule has 0 aliphatic heterocycles. The number of rotatable bonds is 7. The number of para-hydroxylation sites is 1. The van der Waals surface area contributed by atoms with E-state index in [-0.39, 0.29) is 30.4 Å². The van der Waals surface area contributed by atoms with Crippen molar-refractivity contribution in [2.24, 2.45) is 0 Å². The smallest absolute Gasteiger partial charge is 0.252 e. The molecule has 26 heavy (non-hydrogen) atoms. The van der Waals surface area contributed by atoms with Crippen LogP contribution in [0.4, 0.5) is 5.69 Å². The maximum absolute atomic E-state index is 12.3. The number of hydrogen-bond acceptors (Lipinski definition) is 4. The van der Waals surface area contributed by atoms with Crippen molar-refractivity contribution >= 4 is 23.1 Å². The van der Waals surface area contributed by atoms with Crippen molar-refractivity contribution in [1.82, 2.24) is 5.32 Å². The van der Waals surface area contributed by atoms with Gasteiger partial charge in [-0.1, -0.05) is 30.7 Å². The Bertz CT molecular complexity index is 923. The van der Waals surface area contributed by atoms with Gasteiger partial charge in [0.05, 0.1) is 12.3 Å². The van der Waals surface area contributed by atoms with Crippen molar-refractivity contribution < 1.29 is 9.59 Å². The van der Waals surface area contributed by atoms with Crippen LogP contribution in [0, 0.1) is 17.8 Å². The van der Waals surface area contributed by atoms with E-state index in [9.17, 15) is 9.59 Å². The summed E-state index contributed by atoms with van der Waals surface area (Å²) in [5.41, 5.74) is 8.55. The topological polar surface area (TPSA) is 96.0 Å². The number of ketones is 1. The van der Waals surface area contributed by atoms with Gasteiger partial charge in [0.2, 0.25) is 0 Å². The molecular formula is C21H19N3O2. The maximum Gasteiger partial charge on any atom is 0.252 e. The Hall–Kier alpha value is -3.65. The van der Waals surface area contributed by atoms with E-state index >= 15 is 0 Å². The zero-order valence-electron chi connectivity index (χ0n) is 14.2. The third kappa shape index (κ3) is 4.46. The summed E-state index contributed by atoms with van der Waals surface area (Å²) in [5.74, 6) is 1.79. The zero-order valence-corrected chi connectivity index (χ0v) is 14.2. The zero-order chi connectivity index (χ0) is 19.1. The maximum atomic E-state index is 12.3. The number of allylic oxidation sites excluding steroid dienone is 1. The Morgan fingerprint density at radius 3 is 2.58 bits per heavy atom. The van der Waals surface area contributed by atoms with Crippen molar-refractivity contribution in [2.45, 2.75) is 6.42 Å². The summed E-state index contributed by atoms with van der Waals surface area (Å²) in [5, 5.41) is 11.0. The van der Waals surface area contributed by atoms with Gasteiger partial charge in [0.25, 0.3) is 5.91 Å². The monoisotopic (exact) mass is 345 g/mol. The first-order valence-corrected chi connectivity index (χ1v) is 7.91. The van der Waals surface area contributed by atoms with Gasteiger partial charge in [-0.25, -0.2) is 0 Å². The molecule has 0 bridgehead atoms. The van der Waals surface area contributed by atoms with Gasteiger partial charge in [-0.05, 0) is 35.9 Å². The van der Waals surface area contributed by atoms with Gasteiger partial charge in [-0.2, -0.15) is 0 Å². The van der Waals surface area contributed by atoms with E-state index in [0.717, 1.165) is 0 Å². The van der Waals surface area contributed by atoms with E-state index in [1.165, 1.54) is 6.08 Å². The number of hydrogen-bond donors (Lipinski definition) is 3. The van der Waals surface area contributed by atoms with E-state index in [1.54, 1.807) is 42.5 Å². The van der Waals surface area contributed by atoms with E-state index in [1.807, 2.05) is 0 Å². The average Bonchev–Trinajstić information content (AvgIpc) is 2.65. The molecule has 0 saturated heterocycles. The Kier molecular flexibility index (Phi) is 6.07. The molecule has 2 rings (SSSR count). The summed E-state index contributed by atoms with van der Waals surface area (Å²) >= 11 is 0. The Morgan fingerprint density at radius 2 is 1.92 bits per heavy atom. The van der Waals surface area contributed by atoms with Crippen LogP contribution in [0.2, 0.25) is 0 Å². The lowest BCUT2D eigenvalue weighted by Crippen LogP contribution is -2.24. The molecule has 2 aromatic carbocycles. The molecule has 0 fully saturated rings. The van der Waals surface area contributed by atoms with Gasteiger partial charge >= 0.3 is 0 Å². The number of carbonyl (C=O) groups is 2. The van der Waals surface area contributed by atoms with Crippen LogP contribution in [0.15, 0.2) is 55.1 Å². The van der Waals surface area contributed by atoms with Gasteiger partial charge < -0.3 is 11.1 Å². The van der Waals surface area contributed by atoms with Crippen LogP contribution in [0.1, 0.15) is 27.0 Å². The van der Waals surface area contributed by atoms with Crippen LogP contribution in [0.3, 0.4) is 0 Å². The summed E-state index contributed by atoms with van der Waals surface area (Å²) in [4.78, 5) is 24.0. The van der Waals surface area contributed by atoms with Crippen LogP contribution < -0.4 is 11.1 Å². The fraction of sp³-hybridized carbons (Fsp3) is 0.0952. The fourth-order valence-electron chi connectivity index (χ4n) is 2.46. The molecule has 0 aromatic heterocycles. The first-order chi connectivity index (χ1) is 12.5. The molecule has 5 heteroatoms. The van der Waals surface area contributed by atoms with Crippen molar-refractivity contribution in [3.63, 3.8) is 0 Å². The van der Waals surface area contributed by atoms with Crippen molar-refractivity contribution in [1.29, 1.82) is 5.41 Å². The number of terminal acetylenes is 1. The minimum atomic E-state index is -0.370. The van der Waals surface area contributed by atoms with Crippen LogP contribution >= 0.6 is 0 Å². The quantitative estimate of drug-likeness (QED) is 0.311. The standard InChI is InChI=1S/C21H19N3O2/c1-3-9-24-21(26)16-11-14(12-17(25)4-2)10-15(13-16)20(23)18-7-5-6-8-19(18)22/h1,4-8,10-11,13,23H,2,9,12,22H2,(H,24,26). The highest BCUT2D eigenvalue weighted by atomic mass is 16.1. The molecule has 1 amide bonds. The van der Waals surface area contributed by atoms with Gasteiger partial charge in [-0.3, -0.25) is 15.0 Å². The highest BCUT2D eigenvalue weighted by Gasteiger charge is 2.14. The number of anilines is 1. The summed E-state index contributed by atoms with van der Waals surface area (Å²) in [7, 11) is 0. The second-order valence-corrected chi connectivity index (χ2v) is 5.61. The number of amides is 1. The molecule has 0 aliphatic carbocycles. The number of nitrogens with two attached hydrogens (primary N) is 1. The van der Waals surface area contributed by atoms with E-state index in [2.05, 4.69) is 17.8 Å². The predicted octanol–water partition coefficient (Wildman–Crippen LogP) is 2.35. The molecule has 0 atom stereocenters. The Balaban J connectivity index is 2.48. The number of nitrogens with one attached hydrogen (secondary N) is 2. The molecule has 2 aromatic rings. The van der Waals surface area contributed by atoms with E-state index in [4.69, 9.17) is 17.6 Å². The SMILES string of the molecule is C#CCNC(=O)c1cc(CC(=O)C=C)cc(C(=N)c2ccccc2N)c1. The molecule has 5 nitrogen and oxygen atoms in total. The van der Waals surface area contributed by atoms with Gasteiger partial charge in [0.15, 0.2) is 5.78 Å². The highest BCUT2D eigenvalue weighted by molar-refractivity contribution is 6.14. The minimum Gasteiger partial charge on any atom is -0.398 e. The average molecular weight is 345 g/mol. The second kappa shape index (κ2) is 8.45. The number of nitrogen functional groups attached to an aromatic ring is 1. The third-order valence-electron chi connectivity index (χ3n) is 3.73. The lowest BCUT2D eigenvalue weighted by atomic mass is 9.95. The predicted molar refractivity (Wildman–Crippen MR) is 103 cm³/mol. The molecule has 0 aliphatic rings. The molecule has 0 radical (unpaired) electrons. The molecule has 0 heterocycles. The third-order valence-corrected chi connectivity index (χ3v) is 3.73. The highest BCUT2D eigenvalue weighted by Crippen LogP contribution is 2.19. The van der Waals surface area contributed by atoms with Gasteiger partial charge in [-0.15, -0.1) is 6.42 Å². The van der Waals surface area contributed by atoms with Crippen LogP contribution in [0.5, 0.6) is 0 Å². The Morgan fingerprint density at radius 1 is 1.23 bits per heavy atom. The summed E-state index contributed by atoms with van der Waals surface area (Å²) in [6.45, 7) is 3.55. The lowest BCUT2D eigenvalue weighted by molar-refractivity contribution is -0.114. The van der Waals surface area contributed by atoms with Gasteiger partial charge in [0.1, 0.15) is 0 Å². The van der Waals surface area contributed by atoms with Crippen molar-refractivity contribution in [2.75, 3.05) is 12.3 Å². The lowest BCUT2D eigenvalue weighted by Gasteiger charge is -2.12. The first kappa shape index (κ1) is 18.7. The number of carbonyl (C=O) groups excluding carboxylic acids is 2. The first-order valence-electron chi connectivity index (χ1n) is 7.91. The van der Waals surface area contributed by atoms with Crippen molar-refractivity contribution in [3.05, 3.63) is 77.4 Å². The van der Waals surface area contributed by atoms with Crippen LogP contribution in [0.25, 0.3) is 0 Å². The molecule has 130 valence electrons. The van der Waals surface area contributed by atoms with Crippen LogP contribution in [-0.4, -0.2) is 23.9 Å². The minimum absolute atomic E-state index is 0.0876. The van der Waals surface area contributed by atoms with Crippen molar-refractivity contribution in [3.8, 4) is 12.3 Å². The second-order valence-electron chi connectivity index (χ2n) is 5.61. The van der Waals surface area contributed by atoms with Gasteiger partial charge in [0, 0.05) is 28.8 Å². The van der Waals surface area contributed by atoms with E-state index < -0.39 is 0 Å². The summed E-state index contributed by atoms with van der Waals surface area (Å²) < 4.78 is 0. The molecule has 0 saturated carbocycles. The summed E-state index contributed by atoms with van der Waals surface area (Å²) in [6, 6.07) is 11.9. The normalized spacial score (nSPS) is 9.81. The van der Waals surface area contributed by atoms with E-state index in [0.29, 0.717) is 27.9 Å². The molecular weight excluding hydrogens is 326 g/mol. The largest absolute Gasteiger partial charge is 0.398 e. The number of benzene rings is 2. The molecule has 0 unspecified atom stereocenters. The molecule has 4 N–H and O–H groups in total. The molecule has 0 spiro atoms. The van der Waals surface area contributed by atoms with Crippen LogP contribution in [-0.2, 0) is 11.2 Å².